The normalized spacial score (nSPS) is 10.9. The van der Waals surface area contributed by atoms with Crippen molar-refractivity contribution in [2.45, 2.75) is 20.0 Å². The molecule has 3 rings (SSSR count). The van der Waals surface area contributed by atoms with Crippen LogP contribution in [0.2, 0.25) is 5.02 Å². The molecule has 3 aromatic rings. The van der Waals surface area contributed by atoms with Crippen molar-refractivity contribution in [3.05, 3.63) is 57.4 Å². The molecule has 1 aromatic carbocycles. The third-order valence-electron chi connectivity index (χ3n) is 3.79. The van der Waals surface area contributed by atoms with Crippen LogP contribution in [0.25, 0.3) is 11.3 Å². The van der Waals surface area contributed by atoms with Gasteiger partial charge in [0.1, 0.15) is 5.69 Å². The number of aromatic nitrogens is 4. The van der Waals surface area contributed by atoms with Crippen LogP contribution in [0.4, 0.5) is 0 Å². The lowest BCUT2D eigenvalue weighted by Gasteiger charge is -2.14. The monoisotopic (exact) mass is 421 g/mol. The van der Waals surface area contributed by atoms with E-state index in [-0.39, 0.29) is 5.91 Å². The SMILES string of the molecule is CCn1cc(Br)c(CN(C)C(=O)c2cc(-c3ccc(Cl)cc3)n[nH]2)n1. The van der Waals surface area contributed by atoms with Crippen LogP contribution in [0.1, 0.15) is 23.1 Å². The van der Waals surface area contributed by atoms with E-state index in [1.54, 1.807) is 30.1 Å². The number of benzene rings is 1. The van der Waals surface area contributed by atoms with E-state index < -0.39 is 0 Å². The maximum Gasteiger partial charge on any atom is 0.271 e. The van der Waals surface area contributed by atoms with E-state index in [2.05, 4.69) is 31.2 Å². The van der Waals surface area contributed by atoms with E-state index in [9.17, 15) is 4.79 Å². The van der Waals surface area contributed by atoms with Crippen LogP contribution >= 0.6 is 27.5 Å². The zero-order valence-electron chi connectivity index (χ0n) is 13.8. The van der Waals surface area contributed by atoms with E-state index >= 15 is 0 Å². The van der Waals surface area contributed by atoms with E-state index in [1.807, 2.05) is 29.9 Å². The van der Waals surface area contributed by atoms with E-state index in [1.165, 1.54) is 0 Å². The number of carbonyl (C=O) groups is 1. The van der Waals surface area contributed by atoms with Crippen molar-refractivity contribution in [1.29, 1.82) is 0 Å². The van der Waals surface area contributed by atoms with Crippen molar-refractivity contribution in [1.82, 2.24) is 24.9 Å². The molecule has 1 amide bonds. The number of amides is 1. The van der Waals surface area contributed by atoms with Crippen molar-refractivity contribution in [2.75, 3.05) is 7.05 Å². The van der Waals surface area contributed by atoms with Gasteiger partial charge in [0.05, 0.1) is 22.4 Å². The number of H-pyrrole nitrogens is 1. The zero-order chi connectivity index (χ0) is 18.0. The lowest BCUT2D eigenvalue weighted by Crippen LogP contribution is -2.27. The predicted molar refractivity (Wildman–Crippen MR) is 100 cm³/mol. The number of hydrogen-bond donors (Lipinski definition) is 1. The van der Waals surface area contributed by atoms with Gasteiger partial charge >= 0.3 is 0 Å². The average molecular weight is 423 g/mol. The van der Waals surface area contributed by atoms with Crippen LogP contribution in [0.3, 0.4) is 0 Å². The summed E-state index contributed by atoms with van der Waals surface area (Å²) in [4.78, 5) is 14.2. The summed E-state index contributed by atoms with van der Waals surface area (Å²) < 4.78 is 2.72. The van der Waals surface area contributed by atoms with Gasteiger partial charge in [-0.15, -0.1) is 0 Å². The second-order valence-electron chi connectivity index (χ2n) is 5.61. The summed E-state index contributed by atoms with van der Waals surface area (Å²) in [5.74, 6) is -0.148. The van der Waals surface area contributed by atoms with Gasteiger partial charge in [0.2, 0.25) is 0 Å². The lowest BCUT2D eigenvalue weighted by atomic mass is 10.1. The Hall–Kier alpha value is -2.12. The molecule has 0 radical (unpaired) electrons. The van der Waals surface area contributed by atoms with Gasteiger partial charge in [0.15, 0.2) is 0 Å². The molecule has 0 aliphatic heterocycles. The summed E-state index contributed by atoms with van der Waals surface area (Å²) >= 11 is 9.38. The largest absolute Gasteiger partial charge is 0.334 e. The van der Waals surface area contributed by atoms with Crippen molar-refractivity contribution in [2.24, 2.45) is 0 Å². The molecule has 6 nitrogen and oxygen atoms in total. The fourth-order valence-corrected chi connectivity index (χ4v) is 2.98. The zero-order valence-corrected chi connectivity index (χ0v) is 16.2. The van der Waals surface area contributed by atoms with Gasteiger partial charge < -0.3 is 4.90 Å². The molecule has 8 heteroatoms. The Kier molecular flexibility index (Phi) is 5.24. The molecule has 0 spiro atoms. The smallest absolute Gasteiger partial charge is 0.271 e. The number of nitrogens with zero attached hydrogens (tertiary/aromatic N) is 4. The highest BCUT2D eigenvalue weighted by atomic mass is 79.9. The maximum absolute atomic E-state index is 12.6. The molecule has 2 heterocycles. The first-order valence-electron chi connectivity index (χ1n) is 7.76. The van der Waals surface area contributed by atoms with Crippen molar-refractivity contribution >= 4 is 33.4 Å². The van der Waals surface area contributed by atoms with E-state index in [4.69, 9.17) is 11.6 Å². The van der Waals surface area contributed by atoms with Crippen molar-refractivity contribution in [3.63, 3.8) is 0 Å². The molecule has 130 valence electrons. The second-order valence-corrected chi connectivity index (χ2v) is 6.91. The predicted octanol–water partition coefficient (Wildman–Crippen LogP) is 3.98. The molecule has 1 N–H and O–H groups in total. The minimum Gasteiger partial charge on any atom is -0.334 e. The minimum atomic E-state index is -0.148. The summed E-state index contributed by atoms with van der Waals surface area (Å²) in [5.41, 5.74) is 2.84. The molecule has 2 aromatic heterocycles. The lowest BCUT2D eigenvalue weighted by molar-refractivity contribution is 0.0777. The number of hydrogen-bond acceptors (Lipinski definition) is 3. The Morgan fingerprint density at radius 2 is 2.08 bits per heavy atom. The fraction of sp³-hybridized carbons (Fsp3) is 0.235. The summed E-state index contributed by atoms with van der Waals surface area (Å²) in [6, 6.07) is 9.05. The Labute approximate surface area is 158 Å². The Morgan fingerprint density at radius 1 is 1.36 bits per heavy atom. The second kappa shape index (κ2) is 7.41. The molecule has 0 atom stereocenters. The van der Waals surface area contributed by atoms with Crippen molar-refractivity contribution < 1.29 is 4.79 Å². The van der Waals surface area contributed by atoms with Crippen LogP contribution in [0, 0.1) is 0 Å². The first-order valence-corrected chi connectivity index (χ1v) is 8.93. The molecular formula is C17H17BrClN5O. The highest BCUT2D eigenvalue weighted by Crippen LogP contribution is 2.21. The van der Waals surface area contributed by atoms with Crippen molar-refractivity contribution in [3.8, 4) is 11.3 Å². The molecule has 0 fully saturated rings. The number of carbonyl (C=O) groups excluding carboxylic acids is 1. The van der Waals surface area contributed by atoms with Gasteiger partial charge in [-0.2, -0.15) is 10.2 Å². The Bertz CT molecular complexity index is 887. The van der Waals surface area contributed by atoms with Gasteiger partial charge in [-0.25, -0.2) is 0 Å². The third-order valence-corrected chi connectivity index (χ3v) is 4.71. The summed E-state index contributed by atoms with van der Waals surface area (Å²) in [6.07, 6.45) is 1.91. The van der Waals surface area contributed by atoms with Crippen LogP contribution < -0.4 is 0 Å². The summed E-state index contributed by atoms with van der Waals surface area (Å²) in [5, 5.41) is 12.1. The van der Waals surface area contributed by atoms with E-state index in [0.29, 0.717) is 23.0 Å². The number of rotatable bonds is 5. The number of aromatic amines is 1. The molecule has 25 heavy (non-hydrogen) atoms. The van der Waals surface area contributed by atoms with Crippen LogP contribution in [-0.2, 0) is 13.1 Å². The molecule has 0 unspecified atom stereocenters. The maximum atomic E-state index is 12.6. The third kappa shape index (κ3) is 3.93. The molecular weight excluding hydrogens is 406 g/mol. The Balaban J connectivity index is 1.74. The highest BCUT2D eigenvalue weighted by molar-refractivity contribution is 9.10. The average Bonchev–Trinajstić information content (AvgIpc) is 3.22. The van der Waals surface area contributed by atoms with Crippen LogP contribution in [-0.4, -0.2) is 37.8 Å². The molecule has 0 bridgehead atoms. The molecule has 0 aliphatic carbocycles. The minimum absolute atomic E-state index is 0.148. The first-order chi connectivity index (χ1) is 12.0. The topological polar surface area (TPSA) is 66.8 Å². The van der Waals surface area contributed by atoms with Crippen LogP contribution in [0.15, 0.2) is 41.0 Å². The van der Waals surface area contributed by atoms with Gasteiger partial charge in [0.25, 0.3) is 5.91 Å². The quantitative estimate of drug-likeness (QED) is 0.676. The number of aryl methyl sites for hydroxylation is 1. The number of halogens is 2. The standard InChI is InChI=1S/C17H17BrClN5O/c1-3-24-9-13(18)16(22-24)10-23(2)17(25)15-8-14(20-21-15)11-4-6-12(19)7-5-11/h4-9H,3,10H2,1-2H3,(H,20,21). The summed E-state index contributed by atoms with van der Waals surface area (Å²) in [7, 11) is 1.74. The van der Waals surface area contributed by atoms with Crippen LogP contribution in [0.5, 0.6) is 0 Å². The van der Waals surface area contributed by atoms with E-state index in [0.717, 1.165) is 22.3 Å². The summed E-state index contributed by atoms with van der Waals surface area (Å²) in [6.45, 7) is 3.20. The molecule has 0 aliphatic rings. The fourth-order valence-electron chi connectivity index (χ4n) is 2.41. The molecule has 0 saturated heterocycles. The molecule has 0 saturated carbocycles. The van der Waals surface area contributed by atoms with Gasteiger partial charge in [-0.05, 0) is 41.1 Å². The highest BCUT2D eigenvalue weighted by Gasteiger charge is 2.18. The first kappa shape index (κ1) is 17.7. The number of nitrogens with one attached hydrogen (secondary N) is 1. The van der Waals surface area contributed by atoms with Gasteiger partial charge in [-0.3, -0.25) is 14.6 Å². The van der Waals surface area contributed by atoms with Gasteiger partial charge in [0, 0.05) is 30.4 Å². The Morgan fingerprint density at radius 3 is 2.72 bits per heavy atom. The van der Waals surface area contributed by atoms with Gasteiger partial charge in [-0.1, -0.05) is 23.7 Å².